The first-order valence-corrected chi connectivity index (χ1v) is 6.63. The summed E-state index contributed by atoms with van der Waals surface area (Å²) in [6, 6.07) is 10.2. The molecule has 0 spiro atoms. The monoisotopic (exact) mass is 255 g/mol. The zero-order valence-corrected chi connectivity index (χ0v) is 10.9. The van der Waals surface area contributed by atoms with Crippen molar-refractivity contribution in [1.82, 2.24) is 15.3 Å². The van der Waals surface area contributed by atoms with Crippen LogP contribution in [0.2, 0.25) is 0 Å². The molecule has 1 aromatic carbocycles. The summed E-state index contributed by atoms with van der Waals surface area (Å²) < 4.78 is 0. The molecule has 0 aliphatic carbocycles. The van der Waals surface area contributed by atoms with Crippen molar-refractivity contribution in [3.8, 4) is 10.6 Å². The van der Waals surface area contributed by atoms with Gasteiger partial charge in [0.15, 0.2) is 0 Å². The van der Waals surface area contributed by atoms with Crippen molar-refractivity contribution >= 4 is 22.2 Å². The number of rotatable bonds is 3. The van der Waals surface area contributed by atoms with Gasteiger partial charge in [0.2, 0.25) is 0 Å². The van der Waals surface area contributed by atoms with E-state index in [1.807, 2.05) is 25.5 Å². The normalized spacial score (nSPS) is 10.9. The Labute approximate surface area is 110 Å². The number of pyridine rings is 1. The zero-order valence-electron chi connectivity index (χ0n) is 10.1. The molecule has 3 aromatic rings. The molecule has 0 atom stereocenters. The number of benzene rings is 1. The molecule has 2 heterocycles. The molecule has 1 N–H and O–H groups in total. The van der Waals surface area contributed by atoms with Gasteiger partial charge in [-0.1, -0.05) is 18.2 Å². The van der Waals surface area contributed by atoms with Crippen LogP contribution >= 0.6 is 11.3 Å². The van der Waals surface area contributed by atoms with Crippen molar-refractivity contribution in [2.45, 2.75) is 6.54 Å². The topological polar surface area (TPSA) is 37.8 Å². The molecule has 0 amide bonds. The van der Waals surface area contributed by atoms with Gasteiger partial charge in [-0.3, -0.25) is 4.98 Å². The van der Waals surface area contributed by atoms with Gasteiger partial charge in [-0.15, -0.1) is 11.3 Å². The van der Waals surface area contributed by atoms with E-state index in [4.69, 9.17) is 0 Å². The average molecular weight is 255 g/mol. The summed E-state index contributed by atoms with van der Waals surface area (Å²) in [7, 11) is 1.94. The molecule has 0 saturated carbocycles. The first-order chi connectivity index (χ1) is 8.88. The van der Waals surface area contributed by atoms with Crippen molar-refractivity contribution < 1.29 is 0 Å². The van der Waals surface area contributed by atoms with Crippen LogP contribution in [-0.4, -0.2) is 17.0 Å². The highest BCUT2D eigenvalue weighted by atomic mass is 32.1. The first-order valence-electron chi connectivity index (χ1n) is 5.82. The van der Waals surface area contributed by atoms with Gasteiger partial charge in [-0.05, 0) is 19.2 Å². The van der Waals surface area contributed by atoms with Crippen molar-refractivity contribution in [3.63, 3.8) is 0 Å². The number of nitrogens with one attached hydrogen (secondary N) is 1. The Kier molecular flexibility index (Phi) is 3.04. The SMILES string of the molecule is CNCc1cnc(-c2cccc3cccnc23)s1. The fraction of sp³-hybridized carbons (Fsp3) is 0.143. The van der Waals surface area contributed by atoms with Gasteiger partial charge in [0.05, 0.1) is 5.52 Å². The van der Waals surface area contributed by atoms with Crippen LogP contribution < -0.4 is 5.32 Å². The minimum Gasteiger partial charge on any atom is -0.315 e. The van der Waals surface area contributed by atoms with Crippen LogP contribution in [0.25, 0.3) is 21.5 Å². The van der Waals surface area contributed by atoms with E-state index in [0.717, 1.165) is 28.0 Å². The second-order valence-corrected chi connectivity index (χ2v) is 5.16. The Morgan fingerprint density at radius 1 is 1.17 bits per heavy atom. The lowest BCUT2D eigenvalue weighted by atomic mass is 10.1. The second kappa shape index (κ2) is 4.84. The lowest BCUT2D eigenvalue weighted by Gasteiger charge is -2.01. The third kappa shape index (κ3) is 2.00. The molecule has 18 heavy (non-hydrogen) atoms. The van der Waals surface area contributed by atoms with E-state index in [1.54, 1.807) is 11.3 Å². The van der Waals surface area contributed by atoms with Gasteiger partial charge in [-0.25, -0.2) is 4.98 Å². The predicted octanol–water partition coefficient (Wildman–Crippen LogP) is 3.08. The zero-order chi connectivity index (χ0) is 12.4. The molecule has 0 bridgehead atoms. The van der Waals surface area contributed by atoms with Crippen molar-refractivity contribution in [1.29, 1.82) is 0 Å². The molecule has 3 rings (SSSR count). The van der Waals surface area contributed by atoms with E-state index in [-0.39, 0.29) is 0 Å². The Bertz CT molecular complexity index is 670. The second-order valence-electron chi connectivity index (χ2n) is 4.04. The summed E-state index contributed by atoms with van der Waals surface area (Å²) in [6.45, 7) is 0.857. The molecule has 0 radical (unpaired) electrons. The van der Waals surface area contributed by atoms with E-state index in [9.17, 15) is 0 Å². The lowest BCUT2D eigenvalue weighted by Crippen LogP contribution is -2.02. The summed E-state index contributed by atoms with van der Waals surface area (Å²) in [5.74, 6) is 0. The van der Waals surface area contributed by atoms with E-state index in [1.165, 1.54) is 4.88 Å². The fourth-order valence-corrected chi connectivity index (χ4v) is 2.92. The Balaban J connectivity index is 2.12. The molecule has 0 fully saturated rings. The van der Waals surface area contributed by atoms with Crippen LogP contribution in [0.3, 0.4) is 0 Å². The molecule has 0 saturated heterocycles. The highest BCUT2D eigenvalue weighted by Gasteiger charge is 2.08. The van der Waals surface area contributed by atoms with E-state index in [0.29, 0.717) is 0 Å². The number of nitrogens with zero attached hydrogens (tertiary/aromatic N) is 2. The van der Waals surface area contributed by atoms with Crippen LogP contribution in [0.1, 0.15) is 4.88 Å². The van der Waals surface area contributed by atoms with E-state index >= 15 is 0 Å². The number of aromatic nitrogens is 2. The third-order valence-electron chi connectivity index (χ3n) is 2.77. The quantitative estimate of drug-likeness (QED) is 0.781. The van der Waals surface area contributed by atoms with Crippen LogP contribution in [-0.2, 0) is 6.54 Å². The smallest absolute Gasteiger partial charge is 0.125 e. The first kappa shape index (κ1) is 11.3. The van der Waals surface area contributed by atoms with Gasteiger partial charge in [0.25, 0.3) is 0 Å². The maximum Gasteiger partial charge on any atom is 0.125 e. The molecule has 0 aliphatic heterocycles. The van der Waals surface area contributed by atoms with Crippen molar-refractivity contribution in [2.75, 3.05) is 7.05 Å². The number of hydrogen-bond donors (Lipinski definition) is 1. The minimum atomic E-state index is 0.857. The summed E-state index contributed by atoms with van der Waals surface area (Å²) in [5, 5.41) is 5.33. The summed E-state index contributed by atoms with van der Waals surface area (Å²) in [5.41, 5.74) is 2.13. The molecule has 0 aliphatic rings. The maximum atomic E-state index is 4.49. The van der Waals surface area contributed by atoms with Crippen molar-refractivity contribution in [2.24, 2.45) is 0 Å². The highest BCUT2D eigenvalue weighted by Crippen LogP contribution is 2.30. The number of thiazole rings is 1. The Morgan fingerprint density at radius 2 is 2.06 bits per heavy atom. The van der Waals surface area contributed by atoms with Gasteiger partial charge >= 0.3 is 0 Å². The fourth-order valence-electron chi connectivity index (χ4n) is 1.96. The molecular formula is C14H13N3S. The van der Waals surface area contributed by atoms with E-state index in [2.05, 4.69) is 39.6 Å². The molecule has 0 unspecified atom stereocenters. The number of hydrogen-bond acceptors (Lipinski definition) is 4. The summed E-state index contributed by atoms with van der Waals surface area (Å²) >= 11 is 1.71. The van der Waals surface area contributed by atoms with Crippen LogP contribution in [0.5, 0.6) is 0 Å². The third-order valence-corrected chi connectivity index (χ3v) is 3.80. The van der Waals surface area contributed by atoms with Crippen LogP contribution in [0, 0.1) is 0 Å². The average Bonchev–Trinajstić information content (AvgIpc) is 2.87. The Hall–Kier alpha value is -1.78. The van der Waals surface area contributed by atoms with Crippen LogP contribution in [0.4, 0.5) is 0 Å². The minimum absolute atomic E-state index is 0.857. The molecule has 2 aromatic heterocycles. The van der Waals surface area contributed by atoms with Gasteiger partial charge in [0.1, 0.15) is 5.01 Å². The standard InChI is InChI=1S/C14H13N3S/c1-15-8-11-9-17-14(18-11)12-6-2-4-10-5-3-7-16-13(10)12/h2-7,9,15H,8H2,1H3. The highest BCUT2D eigenvalue weighted by molar-refractivity contribution is 7.15. The predicted molar refractivity (Wildman–Crippen MR) is 75.6 cm³/mol. The van der Waals surface area contributed by atoms with E-state index < -0.39 is 0 Å². The molecule has 4 heteroatoms. The molecule has 3 nitrogen and oxygen atoms in total. The summed E-state index contributed by atoms with van der Waals surface area (Å²) in [4.78, 5) is 10.2. The maximum absolute atomic E-state index is 4.49. The molecule has 90 valence electrons. The van der Waals surface area contributed by atoms with Gasteiger partial charge in [0, 0.05) is 34.8 Å². The Morgan fingerprint density at radius 3 is 2.94 bits per heavy atom. The molecular weight excluding hydrogens is 242 g/mol. The summed E-state index contributed by atoms with van der Waals surface area (Å²) in [6.07, 6.45) is 3.76. The van der Waals surface area contributed by atoms with Gasteiger partial charge in [-0.2, -0.15) is 0 Å². The largest absolute Gasteiger partial charge is 0.315 e. The van der Waals surface area contributed by atoms with Crippen LogP contribution in [0.15, 0.2) is 42.7 Å². The number of para-hydroxylation sites is 1. The number of fused-ring (bicyclic) bond motifs is 1. The van der Waals surface area contributed by atoms with Gasteiger partial charge < -0.3 is 5.32 Å². The lowest BCUT2D eigenvalue weighted by molar-refractivity contribution is 0.829. The van der Waals surface area contributed by atoms with Crippen molar-refractivity contribution in [3.05, 3.63) is 47.6 Å².